The first-order valence-corrected chi connectivity index (χ1v) is 24.0. The summed E-state index contributed by atoms with van der Waals surface area (Å²) in [5, 5.41) is 56.6. The van der Waals surface area contributed by atoms with Crippen molar-refractivity contribution in [2.24, 2.45) is 39.6 Å². The molecule has 0 radical (unpaired) electrons. The van der Waals surface area contributed by atoms with Crippen LogP contribution in [0.25, 0.3) is 0 Å². The third-order valence-corrected chi connectivity index (χ3v) is 11.9. The maximum atomic E-state index is 14.0. The number of nitrogens with one attached hydrogen (secondary N) is 7. The predicted molar refractivity (Wildman–Crippen MR) is 262 cm³/mol. The summed E-state index contributed by atoms with van der Waals surface area (Å²) in [5.41, 5.74) is 28.0. The predicted octanol–water partition coefficient (Wildman–Crippen LogP) is -6.16. The standard InChI is InChI=1S/C45H74N14O14/c1-3-24(2)36(58-39(67)28(9-4-5-17-46)54-40(68)31(22-60)56-37(65)27(47)8-6-18-51-45(49)50)42(70)57-32(23-61)43(71)59-19-7-10-33(59)41(69)55-29(15-16-34(48)63)38(66)52-21-35(64)53-30(44(72)73)20-25-11-13-26(62)14-12-25/h11-14,24,27-33,36,60-62H,3-10,15-23,46-47H2,1-2H3,(H2,48,63)(H,52,66)(H,53,64)(H,54,68)(H,55,69)(H,56,65)(H,57,70)(H,58,67)(H,72,73)(H4,49,50,51)/t24-,27-,28-,29-,30-,31-,32-,33-,36-/m0/s1. The second-order valence-electron chi connectivity index (χ2n) is 17.6. The van der Waals surface area contributed by atoms with Crippen LogP contribution in [0.2, 0.25) is 0 Å². The Morgan fingerprint density at radius 3 is 1.95 bits per heavy atom. The fourth-order valence-corrected chi connectivity index (χ4v) is 7.49. The number of guanidine groups is 1. The Morgan fingerprint density at radius 2 is 1.36 bits per heavy atom. The van der Waals surface area contributed by atoms with Gasteiger partial charge in [0, 0.05) is 25.9 Å². The van der Waals surface area contributed by atoms with Gasteiger partial charge in [0.25, 0.3) is 0 Å². The lowest BCUT2D eigenvalue weighted by atomic mass is 9.97. The summed E-state index contributed by atoms with van der Waals surface area (Å²) >= 11 is 0. The van der Waals surface area contributed by atoms with Crippen molar-refractivity contribution in [3.63, 3.8) is 0 Å². The molecular weight excluding hydrogens is 961 g/mol. The molecule has 9 atom stereocenters. The largest absolute Gasteiger partial charge is 0.508 e. The van der Waals surface area contributed by atoms with Crippen molar-refractivity contribution < 1.29 is 68.4 Å². The van der Waals surface area contributed by atoms with E-state index in [0.717, 1.165) is 4.90 Å². The number of nitrogens with two attached hydrogens (primary N) is 5. The zero-order valence-corrected chi connectivity index (χ0v) is 41.2. The van der Waals surface area contributed by atoms with Gasteiger partial charge in [0.05, 0.1) is 25.8 Å². The number of aliphatic hydroxyl groups is 2. The van der Waals surface area contributed by atoms with Crippen LogP contribution in [0.4, 0.5) is 0 Å². The molecule has 0 aliphatic carbocycles. The lowest BCUT2D eigenvalue weighted by Crippen LogP contribution is -2.61. The number of aliphatic imine (C=N–C) groups is 1. The molecule has 28 nitrogen and oxygen atoms in total. The number of aromatic hydroxyl groups is 1. The van der Waals surface area contributed by atoms with Gasteiger partial charge in [0.15, 0.2) is 5.96 Å². The van der Waals surface area contributed by atoms with E-state index < -0.39 is 133 Å². The highest BCUT2D eigenvalue weighted by Gasteiger charge is 2.40. The molecule has 1 saturated heterocycles. The molecule has 1 aromatic rings. The molecule has 73 heavy (non-hydrogen) atoms. The zero-order valence-electron chi connectivity index (χ0n) is 41.2. The average molecular weight is 1040 g/mol. The Bertz CT molecular complexity index is 2080. The van der Waals surface area contributed by atoms with Crippen LogP contribution in [0.15, 0.2) is 29.3 Å². The summed E-state index contributed by atoms with van der Waals surface area (Å²) in [4.78, 5) is 136. The van der Waals surface area contributed by atoms with E-state index in [4.69, 9.17) is 28.7 Å². The van der Waals surface area contributed by atoms with E-state index in [1.165, 1.54) is 24.3 Å². The summed E-state index contributed by atoms with van der Waals surface area (Å²) < 4.78 is 0. The Hall–Kier alpha value is -7.17. The summed E-state index contributed by atoms with van der Waals surface area (Å²) in [6, 6.07) is -5.44. The molecule has 0 spiro atoms. The highest BCUT2D eigenvalue weighted by Crippen LogP contribution is 2.20. The number of carbonyl (C=O) groups excluding carboxylic acids is 9. The number of primary amides is 1. The summed E-state index contributed by atoms with van der Waals surface area (Å²) in [6.45, 7) is 1.23. The van der Waals surface area contributed by atoms with Crippen molar-refractivity contribution >= 4 is 65.1 Å². The number of carboxylic acid groups (broad SMARTS) is 1. The monoisotopic (exact) mass is 1030 g/mol. The van der Waals surface area contributed by atoms with Gasteiger partial charge in [-0.3, -0.25) is 48.1 Å². The molecule has 1 fully saturated rings. The van der Waals surface area contributed by atoms with Gasteiger partial charge in [0.1, 0.15) is 48.0 Å². The van der Waals surface area contributed by atoms with Gasteiger partial charge in [-0.05, 0) is 81.5 Å². The Balaban J connectivity index is 2.18. The van der Waals surface area contributed by atoms with Crippen molar-refractivity contribution in [2.45, 2.75) is 133 Å². The number of phenolic OH excluding ortho intramolecular Hbond substituents is 1. The highest BCUT2D eigenvalue weighted by molar-refractivity contribution is 5.98. The number of benzene rings is 1. The molecular formula is C45H74N14O14. The molecule has 9 amide bonds. The zero-order chi connectivity index (χ0) is 54.8. The first-order chi connectivity index (χ1) is 34.6. The van der Waals surface area contributed by atoms with E-state index in [1.54, 1.807) is 13.8 Å². The average Bonchev–Trinajstić information content (AvgIpc) is 3.85. The minimum atomic E-state index is -1.65. The summed E-state index contributed by atoms with van der Waals surface area (Å²) in [5.74, 6) is -10.0. The van der Waals surface area contributed by atoms with Crippen LogP contribution in [0.3, 0.4) is 0 Å². The molecule has 21 N–H and O–H groups in total. The summed E-state index contributed by atoms with van der Waals surface area (Å²) in [7, 11) is 0. The van der Waals surface area contributed by atoms with E-state index in [-0.39, 0.29) is 76.3 Å². The maximum absolute atomic E-state index is 14.0. The van der Waals surface area contributed by atoms with Crippen molar-refractivity contribution in [1.29, 1.82) is 0 Å². The van der Waals surface area contributed by atoms with Gasteiger partial charge in [-0.25, -0.2) is 4.79 Å². The van der Waals surface area contributed by atoms with Crippen LogP contribution in [-0.2, 0) is 54.4 Å². The number of aliphatic hydroxyl groups excluding tert-OH is 2. The lowest BCUT2D eigenvalue weighted by Gasteiger charge is -2.31. The van der Waals surface area contributed by atoms with Gasteiger partial charge in [-0.2, -0.15) is 0 Å². The van der Waals surface area contributed by atoms with E-state index in [1.807, 2.05) is 0 Å². The van der Waals surface area contributed by atoms with Crippen molar-refractivity contribution in [2.75, 3.05) is 39.4 Å². The molecule has 1 aliphatic rings. The SMILES string of the molecule is CC[C@H](C)[C@H](NC(=O)[C@H](CCCCN)NC(=O)[C@H](CO)NC(=O)[C@@H](N)CCCN=C(N)N)C(=O)N[C@@H](CO)C(=O)N1CCC[C@H]1C(=O)N[C@@H](CCC(N)=O)C(=O)NCC(=O)N[C@@H](Cc1ccc(O)cc1)C(=O)O. The Kier molecular flexibility index (Phi) is 27.2. The molecule has 0 bridgehead atoms. The van der Waals surface area contributed by atoms with Crippen LogP contribution in [0.1, 0.15) is 83.6 Å². The van der Waals surface area contributed by atoms with Gasteiger partial charge < -0.3 is 91.2 Å². The number of phenols is 1. The fourth-order valence-electron chi connectivity index (χ4n) is 7.49. The third kappa shape index (κ3) is 21.6. The number of hydrogen-bond donors (Lipinski definition) is 16. The van der Waals surface area contributed by atoms with Crippen LogP contribution >= 0.6 is 0 Å². The molecule has 0 saturated carbocycles. The van der Waals surface area contributed by atoms with Crippen LogP contribution in [-0.4, -0.2) is 178 Å². The van der Waals surface area contributed by atoms with E-state index in [0.29, 0.717) is 31.2 Å². The van der Waals surface area contributed by atoms with Gasteiger partial charge in [-0.1, -0.05) is 32.4 Å². The minimum absolute atomic E-state index is 0.0206. The van der Waals surface area contributed by atoms with Gasteiger partial charge in [-0.15, -0.1) is 0 Å². The first kappa shape index (κ1) is 61.9. The van der Waals surface area contributed by atoms with Gasteiger partial charge in [0.2, 0.25) is 53.2 Å². The number of aliphatic carboxylic acids is 1. The van der Waals surface area contributed by atoms with E-state index >= 15 is 0 Å². The Labute approximate surface area is 422 Å². The normalized spacial score (nSPS) is 16.4. The quantitative estimate of drug-likeness (QED) is 0.0177. The topological polar surface area (TPSA) is 482 Å². The number of likely N-dealkylation sites (tertiary alicyclic amines) is 1. The van der Waals surface area contributed by atoms with Crippen molar-refractivity contribution in [3.8, 4) is 5.75 Å². The molecule has 1 aliphatic heterocycles. The number of unbranched alkanes of at least 4 members (excludes halogenated alkanes) is 1. The van der Waals surface area contributed by atoms with Crippen molar-refractivity contribution in [3.05, 3.63) is 29.8 Å². The Morgan fingerprint density at radius 1 is 0.740 bits per heavy atom. The number of rotatable bonds is 33. The molecule has 28 heteroatoms. The van der Waals surface area contributed by atoms with E-state index in [2.05, 4.69) is 42.2 Å². The number of carbonyl (C=O) groups is 10. The highest BCUT2D eigenvalue weighted by atomic mass is 16.4. The molecule has 1 heterocycles. The molecule has 2 rings (SSSR count). The lowest BCUT2D eigenvalue weighted by molar-refractivity contribution is -0.143. The smallest absolute Gasteiger partial charge is 0.326 e. The first-order valence-electron chi connectivity index (χ1n) is 24.0. The second kappa shape index (κ2) is 32.0. The van der Waals surface area contributed by atoms with E-state index in [9.17, 15) is 68.4 Å². The minimum Gasteiger partial charge on any atom is -0.508 e. The fraction of sp³-hybridized carbons (Fsp3) is 0.622. The number of nitrogens with zero attached hydrogens (tertiary/aromatic N) is 2. The van der Waals surface area contributed by atoms with Crippen LogP contribution in [0, 0.1) is 5.92 Å². The molecule has 1 aromatic carbocycles. The van der Waals surface area contributed by atoms with Gasteiger partial charge >= 0.3 is 5.97 Å². The number of amides is 9. The maximum Gasteiger partial charge on any atom is 0.326 e. The number of carboxylic acids is 1. The van der Waals surface area contributed by atoms with Crippen LogP contribution < -0.4 is 65.9 Å². The van der Waals surface area contributed by atoms with Crippen molar-refractivity contribution in [1.82, 2.24) is 42.1 Å². The molecule has 0 unspecified atom stereocenters. The third-order valence-electron chi connectivity index (χ3n) is 11.9. The second-order valence-corrected chi connectivity index (χ2v) is 17.6. The van der Waals surface area contributed by atoms with Crippen LogP contribution in [0.5, 0.6) is 5.75 Å². The number of hydrogen-bond acceptors (Lipinski definition) is 16. The summed E-state index contributed by atoms with van der Waals surface area (Å²) in [6.07, 6.45) is 1.07. The molecule has 0 aromatic heterocycles. The molecule has 408 valence electrons.